The Morgan fingerprint density at radius 3 is 2.72 bits per heavy atom. The largest absolute Gasteiger partial charge is 0.493 e. The molecule has 0 aliphatic carbocycles. The van der Waals surface area contributed by atoms with Gasteiger partial charge in [-0.2, -0.15) is 0 Å². The summed E-state index contributed by atoms with van der Waals surface area (Å²) in [6.07, 6.45) is 0. The van der Waals surface area contributed by atoms with Crippen LogP contribution in [0.2, 0.25) is 0 Å². The van der Waals surface area contributed by atoms with Crippen molar-refractivity contribution in [3.05, 3.63) is 40.7 Å². The van der Waals surface area contributed by atoms with Crippen LogP contribution in [-0.2, 0) is 5.75 Å². The third-order valence-electron chi connectivity index (χ3n) is 3.61. The van der Waals surface area contributed by atoms with Crippen molar-refractivity contribution in [2.24, 2.45) is 0 Å². The minimum atomic E-state index is 0.605. The van der Waals surface area contributed by atoms with Crippen LogP contribution in [0.3, 0.4) is 0 Å². The predicted octanol–water partition coefficient (Wildman–Crippen LogP) is 5.11. The maximum absolute atomic E-state index is 5.59. The molecule has 0 saturated carbocycles. The first-order valence-corrected chi connectivity index (χ1v) is 9.79. The molecule has 3 aromatic rings. The number of thiazole rings is 1. The molecule has 0 spiro atoms. The standard InChI is InChI=1S/C18H20N2O3S2/c1-5-22-15-7-6-13(8-16(15)21-4)17-20-14(9-24-17)10-25-18-19-11(2)12(3)23-18/h6-9H,5,10H2,1-4H3. The zero-order valence-corrected chi connectivity index (χ0v) is 16.3. The number of rotatable bonds is 7. The molecule has 7 heteroatoms. The van der Waals surface area contributed by atoms with E-state index in [0.29, 0.717) is 11.8 Å². The van der Waals surface area contributed by atoms with Crippen LogP contribution in [0.1, 0.15) is 24.1 Å². The van der Waals surface area contributed by atoms with E-state index in [1.807, 2.05) is 39.0 Å². The van der Waals surface area contributed by atoms with Crippen LogP contribution in [0.4, 0.5) is 0 Å². The Balaban J connectivity index is 1.72. The van der Waals surface area contributed by atoms with Gasteiger partial charge in [0.1, 0.15) is 10.8 Å². The summed E-state index contributed by atoms with van der Waals surface area (Å²) in [4.78, 5) is 9.09. The average Bonchev–Trinajstić information content (AvgIpc) is 3.20. The molecule has 3 rings (SSSR count). The summed E-state index contributed by atoms with van der Waals surface area (Å²) in [5.41, 5.74) is 2.96. The van der Waals surface area contributed by atoms with Crippen molar-refractivity contribution in [3.63, 3.8) is 0 Å². The molecule has 132 valence electrons. The Morgan fingerprint density at radius 1 is 1.20 bits per heavy atom. The first kappa shape index (κ1) is 17.8. The lowest BCUT2D eigenvalue weighted by Gasteiger charge is -2.09. The summed E-state index contributed by atoms with van der Waals surface area (Å²) in [6, 6.07) is 5.89. The highest BCUT2D eigenvalue weighted by atomic mass is 32.2. The number of aryl methyl sites for hydroxylation is 2. The van der Waals surface area contributed by atoms with E-state index < -0.39 is 0 Å². The van der Waals surface area contributed by atoms with E-state index in [9.17, 15) is 0 Å². The van der Waals surface area contributed by atoms with Crippen molar-refractivity contribution in [1.82, 2.24) is 9.97 Å². The molecule has 0 N–H and O–H groups in total. The summed E-state index contributed by atoms with van der Waals surface area (Å²) in [6.45, 7) is 6.43. The minimum absolute atomic E-state index is 0.605. The lowest BCUT2D eigenvalue weighted by atomic mass is 10.2. The molecule has 0 amide bonds. The quantitative estimate of drug-likeness (QED) is 0.534. The van der Waals surface area contributed by atoms with Gasteiger partial charge in [0.15, 0.2) is 11.5 Å². The van der Waals surface area contributed by atoms with Gasteiger partial charge in [0.05, 0.1) is 25.1 Å². The summed E-state index contributed by atoms with van der Waals surface area (Å²) >= 11 is 3.17. The van der Waals surface area contributed by atoms with Crippen LogP contribution < -0.4 is 9.47 Å². The first-order valence-electron chi connectivity index (χ1n) is 7.93. The van der Waals surface area contributed by atoms with E-state index in [1.54, 1.807) is 30.2 Å². The second-order valence-corrected chi connectivity index (χ2v) is 7.14. The molecule has 2 heterocycles. The number of thioether (sulfide) groups is 1. The van der Waals surface area contributed by atoms with Crippen molar-refractivity contribution in [3.8, 4) is 22.1 Å². The molecule has 0 atom stereocenters. The Kier molecular flexibility index (Phi) is 5.65. The Morgan fingerprint density at radius 2 is 2.04 bits per heavy atom. The lowest BCUT2D eigenvalue weighted by Crippen LogP contribution is -1.95. The second-order valence-electron chi connectivity index (χ2n) is 5.35. The number of hydrogen-bond donors (Lipinski definition) is 0. The molecule has 0 bridgehead atoms. The fraction of sp³-hybridized carbons (Fsp3) is 0.333. The van der Waals surface area contributed by atoms with Gasteiger partial charge < -0.3 is 13.9 Å². The maximum Gasteiger partial charge on any atom is 0.256 e. The fourth-order valence-electron chi connectivity index (χ4n) is 2.22. The van der Waals surface area contributed by atoms with E-state index in [2.05, 4.69) is 10.4 Å². The first-order chi connectivity index (χ1) is 12.1. The van der Waals surface area contributed by atoms with E-state index in [0.717, 1.165) is 45.0 Å². The average molecular weight is 377 g/mol. The smallest absolute Gasteiger partial charge is 0.256 e. The molecular weight excluding hydrogens is 356 g/mol. The van der Waals surface area contributed by atoms with Gasteiger partial charge in [-0.3, -0.25) is 0 Å². The van der Waals surface area contributed by atoms with E-state index >= 15 is 0 Å². The summed E-state index contributed by atoms with van der Waals surface area (Å²) < 4.78 is 16.6. The van der Waals surface area contributed by atoms with Crippen LogP contribution in [-0.4, -0.2) is 23.7 Å². The minimum Gasteiger partial charge on any atom is -0.493 e. The number of benzene rings is 1. The zero-order chi connectivity index (χ0) is 17.8. The van der Waals surface area contributed by atoms with Crippen molar-refractivity contribution in [1.29, 1.82) is 0 Å². The van der Waals surface area contributed by atoms with Gasteiger partial charge in [0.25, 0.3) is 5.22 Å². The molecule has 25 heavy (non-hydrogen) atoms. The van der Waals surface area contributed by atoms with Crippen LogP contribution in [0, 0.1) is 13.8 Å². The predicted molar refractivity (Wildman–Crippen MR) is 101 cm³/mol. The number of hydrogen-bond acceptors (Lipinski definition) is 7. The normalized spacial score (nSPS) is 10.9. The number of methoxy groups -OCH3 is 1. The summed E-state index contributed by atoms with van der Waals surface area (Å²) in [5.74, 6) is 3.05. The summed E-state index contributed by atoms with van der Waals surface area (Å²) in [7, 11) is 1.64. The van der Waals surface area contributed by atoms with Crippen LogP contribution >= 0.6 is 23.1 Å². The molecule has 0 unspecified atom stereocenters. The maximum atomic E-state index is 5.59. The fourth-order valence-corrected chi connectivity index (χ4v) is 3.95. The van der Waals surface area contributed by atoms with E-state index in [-0.39, 0.29) is 0 Å². The molecule has 0 saturated heterocycles. The molecule has 0 fully saturated rings. The molecule has 0 aliphatic rings. The third-order valence-corrected chi connectivity index (χ3v) is 5.42. The Labute approximate surface area is 155 Å². The van der Waals surface area contributed by atoms with Crippen LogP contribution in [0.25, 0.3) is 10.6 Å². The van der Waals surface area contributed by atoms with Gasteiger partial charge in [-0.1, -0.05) is 11.8 Å². The molecule has 2 aromatic heterocycles. The molecule has 5 nitrogen and oxygen atoms in total. The monoisotopic (exact) mass is 376 g/mol. The highest BCUT2D eigenvalue weighted by Gasteiger charge is 2.12. The highest BCUT2D eigenvalue weighted by molar-refractivity contribution is 7.98. The van der Waals surface area contributed by atoms with Crippen molar-refractivity contribution < 1.29 is 13.9 Å². The number of nitrogens with zero attached hydrogens (tertiary/aromatic N) is 2. The van der Waals surface area contributed by atoms with Gasteiger partial charge in [-0.05, 0) is 39.0 Å². The zero-order valence-electron chi connectivity index (χ0n) is 14.7. The van der Waals surface area contributed by atoms with Gasteiger partial charge in [0.2, 0.25) is 0 Å². The number of aromatic nitrogens is 2. The van der Waals surface area contributed by atoms with Gasteiger partial charge in [-0.25, -0.2) is 9.97 Å². The second kappa shape index (κ2) is 7.93. The van der Waals surface area contributed by atoms with Crippen molar-refractivity contribution in [2.75, 3.05) is 13.7 Å². The topological polar surface area (TPSA) is 57.4 Å². The molecule has 0 aliphatic heterocycles. The van der Waals surface area contributed by atoms with Crippen LogP contribution in [0.15, 0.2) is 33.2 Å². The third kappa shape index (κ3) is 4.16. The highest BCUT2D eigenvalue weighted by Crippen LogP contribution is 2.34. The van der Waals surface area contributed by atoms with Gasteiger partial charge >= 0.3 is 0 Å². The Bertz CT molecular complexity index is 838. The van der Waals surface area contributed by atoms with E-state index in [1.165, 1.54) is 0 Å². The van der Waals surface area contributed by atoms with E-state index in [4.69, 9.17) is 18.9 Å². The SMILES string of the molecule is CCOc1ccc(-c2nc(CSc3nc(C)c(C)o3)cs2)cc1OC. The van der Waals surface area contributed by atoms with Gasteiger partial charge in [0, 0.05) is 16.7 Å². The van der Waals surface area contributed by atoms with Gasteiger partial charge in [-0.15, -0.1) is 11.3 Å². The lowest BCUT2D eigenvalue weighted by molar-refractivity contribution is 0.311. The molecule has 1 aromatic carbocycles. The number of oxazole rings is 1. The van der Waals surface area contributed by atoms with Crippen LogP contribution in [0.5, 0.6) is 11.5 Å². The van der Waals surface area contributed by atoms with Crippen molar-refractivity contribution >= 4 is 23.1 Å². The molecule has 0 radical (unpaired) electrons. The Hall–Kier alpha value is -1.99. The molecular formula is C18H20N2O3S2. The summed E-state index contributed by atoms with van der Waals surface area (Å²) in [5, 5.41) is 3.71. The van der Waals surface area contributed by atoms with Crippen molar-refractivity contribution in [2.45, 2.75) is 31.7 Å². The number of ether oxygens (including phenoxy) is 2.